The van der Waals surface area contributed by atoms with Crippen molar-refractivity contribution in [1.29, 1.82) is 0 Å². The van der Waals surface area contributed by atoms with Gasteiger partial charge in [0.2, 0.25) is 0 Å². The summed E-state index contributed by atoms with van der Waals surface area (Å²) in [7, 11) is 2.02. The number of quaternary nitrogens is 1. The lowest BCUT2D eigenvalue weighted by Crippen LogP contribution is -3.09. The number of carbonyl (C=O) groups is 1. The Morgan fingerprint density at radius 3 is 2.61 bits per heavy atom. The van der Waals surface area contributed by atoms with Crippen LogP contribution in [0.15, 0.2) is 29.6 Å². The first-order valence-electron chi connectivity index (χ1n) is 8.12. The van der Waals surface area contributed by atoms with E-state index in [1.807, 2.05) is 20.9 Å². The van der Waals surface area contributed by atoms with Gasteiger partial charge in [0.25, 0.3) is 5.91 Å². The Morgan fingerprint density at radius 1 is 1.30 bits per heavy atom. The first kappa shape index (κ1) is 17.6. The van der Waals surface area contributed by atoms with Crippen LogP contribution in [0.4, 0.5) is 0 Å². The second-order valence-corrected chi connectivity index (χ2v) is 7.09. The third-order valence-electron chi connectivity index (χ3n) is 3.56. The zero-order valence-corrected chi connectivity index (χ0v) is 15.2. The van der Waals surface area contributed by atoms with Gasteiger partial charge in [-0.2, -0.15) is 0 Å². The molecule has 1 atom stereocenters. The monoisotopic (exact) mass is 332 g/mol. The number of nitrogens with one attached hydrogen (secondary N) is 2. The second-order valence-electron chi connectivity index (χ2n) is 6.23. The zero-order valence-electron chi connectivity index (χ0n) is 14.3. The fourth-order valence-electron chi connectivity index (χ4n) is 2.42. The molecule has 0 radical (unpaired) electrons. The highest BCUT2D eigenvalue weighted by Crippen LogP contribution is 2.23. The van der Waals surface area contributed by atoms with Crippen LogP contribution in [-0.2, 0) is 17.8 Å². The average Bonchev–Trinajstić information content (AvgIpc) is 2.94. The van der Waals surface area contributed by atoms with Gasteiger partial charge < -0.3 is 10.2 Å². The Labute approximate surface area is 142 Å². The van der Waals surface area contributed by atoms with E-state index in [9.17, 15) is 4.79 Å². The normalized spacial score (nSPS) is 12.4. The number of likely N-dealkylation sites (N-methyl/N-ethyl adjacent to an activating group) is 1. The van der Waals surface area contributed by atoms with Gasteiger partial charge in [0, 0.05) is 17.0 Å². The van der Waals surface area contributed by atoms with E-state index in [2.05, 4.69) is 41.9 Å². The second kappa shape index (κ2) is 8.22. The van der Waals surface area contributed by atoms with Crippen molar-refractivity contribution in [3.05, 3.63) is 40.9 Å². The minimum atomic E-state index is 0.0862. The zero-order chi connectivity index (χ0) is 16.8. The summed E-state index contributed by atoms with van der Waals surface area (Å²) in [6.07, 6.45) is 1.05. The van der Waals surface area contributed by atoms with E-state index in [-0.39, 0.29) is 11.9 Å². The van der Waals surface area contributed by atoms with Gasteiger partial charge in [0.05, 0.1) is 7.05 Å². The highest BCUT2D eigenvalue weighted by atomic mass is 32.1. The van der Waals surface area contributed by atoms with E-state index < -0.39 is 0 Å². The van der Waals surface area contributed by atoms with Gasteiger partial charge in [-0.25, -0.2) is 4.98 Å². The van der Waals surface area contributed by atoms with Crippen LogP contribution in [0.1, 0.15) is 32.0 Å². The molecule has 1 aromatic heterocycles. The molecule has 0 saturated carbocycles. The molecule has 0 saturated heterocycles. The summed E-state index contributed by atoms with van der Waals surface area (Å²) in [5.41, 5.74) is 3.54. The molecule has 0 aliphatic carbocycles. The number of aryl methyl sites for hydroxylation is 1. The molecule has 1 amide bonds. The van der Waals surface area contributed by atoms with Gasteiger partial charge >= 0.3 is 0 Å². The topological polar surface area (TPSA) is 46.4 Å². The molecule has 1 aromatic carbocycles. The summed E-state index contributed by atoms with van der Waals surface area (Å²) in [5, 5.41) is 6.06. The van der Waals surface area contributed by atoms with Crippen molar-refractivity contribution in [2.24, 2.45) is 0 Å². The van der Waals surface area contributed by atoms with Crippen LogP contribution < -0.4 is 10.2 Å². The quantitative estimate of drug-likeness (QED) is 0.814. The number of aromatic nitrogens is 1. The molecule has 2 rings (SSSR count). The molecule has 0 fully saturated rings. The van der Waals surface area contributed by atoms with Crippen molar-refractivity contribution >= 4 is 17.2 Å². The molecule has 0 aliphatic heterocycles. The summed E-state index contributed by atoms with van der Waals surface area (Å²) < 4.78 is 0. The van der Waals surface area contributed by atoms with Crippen LogP contribution in [0.25, 0.3) is 10.6 Å². The maximum atomic E-state index is 11.8. The number of hydrogen-bond donors (Lipinski definition) is 2. The number of rotatable bonds is 7. The molecule has 124 valence electrons. The fourth-order valence-corrected chi connectivity index (χ4v) is 3.25. The first-order chi connectivity index (χ1) is 11.0. The van der Waals surface area contributed by atoms with Gasteiger partial charge in [-0.1, -0.05) is 31.2 Å². The Morgan fingerprint density at radius 2 is 2.00 bits per heavy atom. The summed E-state index contributed by atoms with van der Waals surface area (Å²) >= 11 is 1.66. The standard InChI is InChI=1S/C18H25N3OS/c1-5-14-6-8-15(9-7-14)18-20-16(12-23-18)10-21(4)11-17(22)19-13(2)3/h6-9,12-13H,5,10-11H2,1-4H3,(H,19,22)/p+1. The van der Waals surface area contributed by atoms with Crippen LogP contribution in [0.3, 0.4) is 0 Å². The first-order valence-corrected chi connectivity index (χ1v) is 9.00. The number of nitrogens with zero attached hydrogens (tertiary/aromatic N) is 1. The van der Waals surface area contributed by atoms with Crippen molar-refractivity contribution in [3.63, 3.8) is 0 Å². The SMILES string of the molecule is CCc1ccc(-c2nc(C[NH+](C)CC(=O)NC(C)C)cs2)cc1. The van der Waals surface area contributed by atoms with Gasteiger partial charge in [-0.15, -0.1) is 11.3 Å². The number of benzene rings is 1. The number of hydrogen-bond acceptors (Lipinski definition) is 3. The Hall–Kier alpha value is -1.72. The molecule has 1 heterocycles. The predicted octanol–water partition coefficient (Wildman–Crippen LogP) is 1.91. The smallest absolute Gasteiger partial charge is 0.275 e. The van der Waals surface area contributed by atoms with Gasteiger partial charge in [0.1, 0.15) is 17.2 Å². The van der Waals surface area contributed by atoms with Crippen molar-refractivity contribution in [1.82, 2.24) is 10.3 Å². The molecule has 0 aliphatic rings. The van der Waals surface area contributed by atoms with Gasteiger partial charge in [-0.05, 0) is 25.8 Å². The van der Waals surface area contributed by atoms with E-state index in [0.29, 0.717) is 6.54 Å². The van der Waals surface area contributed by atoms with E-state index in [0.717, 1.165) is 34.1 Å². The highest BCUT2D eigenvalue weighted by Gasteiger charge is 2.13. The van der Waals surface area contributed by atoms with Crippen LogP contribution >= 0.6 is 11.3 Å². The molecule has 23 heavy (non-hydrogen) atoms. The molecule has 5 heteroatoms. The third-order valence-corrected chi connectivity index (χ3v) is 4.50. The molecule has 2 aromatic rings. The fraction of sp³-hybridized carbons (Fsp3) is 0.444. The van der Waals surface area contributed by atoms with E-state index in [4.69, 9.17) is 4.98 Å². The summed E-state index contributed by atoms with van der Waals surface area (Å²) in [6.45, 7) is 7.34. The maximum absolute atomic E-state index is 11.8. The van der Waals surface area contributed by atoms with Crippen LogP contribution in [-0.4, -0.2) is 30.5 Å². The molecule has 0 spiro atoms. The largest absolute Gasteiger partial charge is 0.349 e. The Kier molecular flexibility index (Phi) is 6.30. The van der Waals surface area contributed by atoms with Crippen molar-refractivity contribution < 1.29 is 9.69 Å². The molecule has 4 nitrogen and oxygen atoms in total. The molecule has 1 unspecified atom stereocenters. The van der Waals surface area contributed by atoms with Crippen molar-refractivity contribution in [2.75, 3.05) is 13.6 Å². The highest BCUT2D eigenvalue weighted by molar-refractivity contribution is 7.13. The minimum absolute atomic E-state index is 0.0862. The van der Waals surface area contributed by atoms with Crippen molar-refractivity contribution in [2.45, 2.75) is 39.8 Å². The third kappa shape index (κ3) is 5.44. The lowest BCUT2D eigenvalue weighted by molar-refractivity contribution is -0.885. The molecule has 0 bridgehead atoms. The minimum Gasteiger partial charge on any atom is -0.349 e. The molecular weight excluding hydrogens is 306 g/mol. The maximum Gasteiger partial charge on any atom is 0.275 e. The summed E-state index contributed by atoms with van der Waals surface area (Å²) in [4.78, 5) is 17.6. The summed E-state index contributed by atoms with van der Waals surface area (Å²) in [6, 6.07) is 8.77. The molecular formula is C18H26N3OS+. The lowest BCUT2D eigenvalue weighted by atomic mass is 10.1. The lowest BCUT2D eigenvalue weighted by Gasteiger charge is -2.13. The predicted molar refractivity (Wildman–Crippen MR) is 95.7 cm³/mol. The van der Waals surface area contributed by atoms with Gasteiger partial charge in [0.15, 0.2) is 6.54 Å². The van der Waals surface area contributed by atoms with Crippen LogP contribution in [0.5, 0.6) is 0 Å². The number of thiazole rings is 1. The van der Waals surface area contributed by atoms with Crippen molar-refractivity contribution in [3.8, 4) is 10.6 Å². The average molecular weight is 332 g/mol. The Bertz CT molecular complexity index is 634. The van der Waals surface area contributed by atoms with E-state index >= 15 is 0 Å². The van der Waals surface area contributed by atoms with E-state index in [1.54, 1.807) is 11.3 Å². The van der Waals surface area contributed by atoms with E-state index in [1.165, 1.54) is 5.56 Å². The van der Waals surface area contributed by atoms with Crippen LogP contribution in [0, 0.1) is 0 Å². The molecule has 2 N–H and O–H groups in total. The summed E-state index contributed by atoms with van der Waals surface area (Å²) in [5.74, 6) is 0.0862. The number of amides is 1. The number of carbonyl (C=O) groups excluding carboxylic acids is 1. The van der Waals surface area contributed by atoms with Gasteiger partial charge in [-0.3, -0.25) is 4.79 Å². The Balaban J connectivity index is 1.94. The van der Waals surface area contributed by atoms with Crippen LogP contribution in [0.2, 0.25) is 0 Å².